The normalized spacial score (nSPS) is 17.8. The predicted molar refractivity (Wildman–Crippen MR) is 160 cm³/mol. The maximum atomic E-state index is 14.8. The predicted octanol–water partition coefficient (Wildman–Crippen LogP) is 5.90. The van der Waals surface area contributed by atoms with Crippen LogP contribution in [-0.4, -0.2) is 50.3 Å². The second kappa shape index (κ2) is 12.0. The first kappa shape index (κ1) is 28.6. The van der Waals surface area contributed by atoms with Crippen LogP contribution in [0.4, 0.5) is 4.39 Å². The van der Waals surface area contributed by atoms with Gasteiger partial charge in [0.25, 0.3) is 0 Å². The Morgan fingerprint density at radius 2 is 1.98 bits per heavy atom. The maximum Gasteiger partial charge on any atom is 0.335 e. The van der Waals surface area contributed by atoms with Gasteiger partial charge in [-0.1, -0.05) is 37.3 Å². The summed E-state index contributed by atoms with van der Waals surface area (Å²) in [6.45, 7) is 4.84. The lowest BCUT2D eigenvalue weighted by molar-refractivity contribution is 0.0697. The Labute approximate surface area is 249 Å². The molecule has 6 rings (SSSR count). The van der Waals surface area contributed by atoms with Crippen LogP contribution in [0, 0.1) is 23.1 Å². The zero-order valence-electron chi connectivity index (χ0n) is 23.9. The van der Waals surface area contributed by atoms with Crippen molar-refractivity contribution in [3.63, 3.8) is 0 Å². The SMILES string of the molecule is C[C@H](CO)Cn1c(CN2CCC(c3cccc4c3O[C@@H](c3ccc(C#N)cc3F)C=C4)CC2)nc2ccc(C(=O)O)cc21. The van der Waals surface area contributed by atoms with Crippen LogP contribution in [0.15, 0.2) is 60.7 Å². The van der Waals surface area contributed by atoms with E-state index in [9.17, 15) is 19.4 Å². The number of fused-ring (bicyclic) bond motifs is 2. The number of carbonyl (C=O) groups is 1. The van der Waals surface area contributed by atoms with E-state index < -0.39 is 17.9 Å². The summed E-state index contributed by atoms with van der Waals surface area (Å²) in [5.74, 6) is 0.470. The van der Waals surface area contributed by atoms with Gasteiger partial charge in [-0.25, -0.2) is 14.2 Å². The molecule has 0 radical (unpaired) electrons. The van der Waals surface area contributed by atoms with Gasteiger partial charge in [-0.15, -0.1) is 0 Å². The van der Waals surface area contributed by atoms with Crippen LogP contribution in [-0.2, 0) is 13.1 Å². The molecule has 8 nitrogen and oxygen atoms in total. The third kappa shape index (κ3) is 5.76. The molecule has 3 aromatic carbocycles. The van der Waals surface area contributed by atoms with Gasteiger partial charge in [0.2, 0.25) is 0 Å². The molecule has 1 saturated heterocycles. The lowest BCUT2D eigenvalue weighted by Crippen LogP contribution is -2.34. The van der Waals surface area contributed by atoms with Gasteiger partial charge in [-0.3, -0.25) is 4.90 Å². The van der Waals surface area contributed by atoms with Crippen molar-refractivity contribution in [1.82, 2.24) is 14.5 Å². The summed E-state index contributed by atoms with van der Waals surface area (Å²) in [7, 11) is 0. The number of rotatable bonds is 8. The first-order valence-electron chi connectivity index (χ1n) is 14.6. The van der Waals surface area contributed by atoms with Crippen LogP contribution in [0.25, 0.3) is 17.1 Å². The van der Waals surface area contributed by atoms with E-state index in [1.54, 1.807) is 30.3 Å². The molecule has 220 valence electrons. The zero-order chi connectivity index (χ0) is 30.1. The number of hydrogen-bond donors (Lipinski definition) is 2. The maximum absolute atomic E-state index is 14.8. The Morgan fingerprint density at radius 3 is 2.70 bits per heavy atom. The highest BCUT2D eigenvalue weighted by atomic mass is 19.1. The lowest BCUT2D eigenvalue weighted by atomic mass is 9.87. The Bertz CT molecular complexity index is 1750. The molecule has 0 bridgehead atoms. The number of likely N-dealkylation sites (tertiary alicyclic amines) is 1. The molecule has 2 atom stereocenters. The average molecular weight is 581 g/mol. The van der Waals surface area contributed by atoms with E-state index in [0.717, 1.165) is 59.7 Å². The Balaban J connectivity index is 1.19. The van der Waals surface area contributed by atoms with Crippen molar-refractivity contribution in [2.24, 2.45) is 5.92 Å². The minimum atomic E-state index is -0.982. The summed E-state index contributed by atoms with van der Waals surface area (Å²) in [5.41, 5.74) is 4.49. The standard InChI is InChI=1S/C34H33FN4O4/c1-21(20-40)18-39-30-16-25(34(41)42)6-9-29(30)37-32(39)19-38-13-11-23(12-14-38)26-4-2-3-24-7-10-31(43-33(24)26)27-8-5-22(17-36)15-28(27)35/h2-10,15-16,21,23,31,40H,11-14,18-20H2,1H3,(H,41,42)/t21-,31+/m0/s1. The Hall–Kier alpha value is -4.52. The van der Waals surface area contributed by atoms with E-state index in [0.29, 0.717) is 18.7 Å². The monoisotopic (exact) mass is 580 g/mol. The molecule has 3 heterocycles. The Kier molecular flexibility index (Phi) is 7.98. The van der Waals surface area contributed by atoms with E-state index in [-0.39, 0.29) is 29.6 Å². The van der Waals surface area contributed by atoms with E-state index in [1.165, 1.54) is 6.07 Å². The summed E-state index contributed by atoms with van der Waals surface area (Å²) in [6.07, 6.45) is 5.08. The van der Waals surface area contributed by atoms with E-state index in [4.69, 9.17) is 15.0 Å². The van der Waals surface area contributed by atoms with E-state index in [2.05, 4.69) is 11.0 Å². The number of aromatic nitrogens is 2. The van der Waals surface area contributed by atoms with Gasteiger partial charge in [-0.05, 0) is 79.7 Å². The van der Waals surface area contributed by atoms with E-state index in [1.807, 2.05) is 41.8 Å². The van der Waals surface area contributed by atoms with Crippen molar-refractivity contribution in [2.75, 3.05) is 19.7 Å². The van der Waals surface area contributed by atoms with Crippen molar-refractivity contribution >= 4 is 23.1 Å². The first-order chi connectivity index (χ1) is 20.8. The molecule has 43 heavy (non-hydrogen) atoms. The summed E-state index contributed by atoms with van der Waals surface area (Å²) in [5, 5.41) is 28.3. The molecular formula is C34H33FN4O4. The number of carboxylic acids is 1. The highest BCUT2D eigenvalue weighted by Gasteiger charge is 2.28. The molecule has 0 amide bonds. The second-order valence-corrected chi connectivity index (χ2v) is 11.5. The molecule has 4 aromatic rings. The molecule has 9 heteroatoms. The summed E-state index contributed by atoms with van der Waals surface area (Å²) in [4.78, 5) is 18.8. The van der Waals surface area contributed by atoms with Crippen molar-refractivity contribution in [2.45, 2.75) is 44.9 Å². The van der Waals surface area contributed by atoms with Crippen LogP contribution in [0.1, 0.15) is 70.2 Å². The number of nitrogens with zero attached hydrogens (tertiary/aromatic N) is 4. The number of aliphatic hydroxyl groups excluding tert-OH is 1. The van der Waals surface area contributed by atoms with Crippen LogP contribution >= 0.6 is 0 Å². The van der Waals surface area contributed by atoms with Crippen LogP contribution in [0.3, 0.4) is 0 Å². The zero-order valence-corrected chi connectivity index (χ0v) is 23.9. The number of nitriles is 1. The number of aromatic carboxylic acids is 1. The molecule has 0 spiro atoms. The van der Waals surface area contributed by atoms with Crippen molar-refractivity contribution < 1.29 is 24.1 Å². The van der Waals surface area contributed by atoms with Crippen LogP contribution in [0.5, 0.6) is 5.75 Å². The number of benzene rings is 3. The van der Waals surface area contributed by atoms with Gasteiger partial charge < -0.3 is 19.5 Å². The molecule has 1 fully saturated rings. The number of piperidine rings is 1. The summed E-state index contributed by atoms with van der Waals surface area (Å²) in [6, 6.07) is 17.6. The third-order valence-corrected chi connectivity index (χ3v) is 8.48. The molecule has 2 aliphatic heterocycles. The highest BCUT2D eigenvalue weighted by Crippen LogP contribution is 2.42. The number of imidazole rings is 1. The smallest absolute Gasteiger partial charge is 0.335 e. The quantitative estimate of drug-likeness (QED) is 0.267. The molecule has 2 aliphatic rings. The molecular weight excluding hydrogens is 547 g/mol. The fraction of sp³-hybridized carbons (Fsp3) is 0.324. The second-order valence-electron chi connectivity index (χ2n) is 11.5. The van der Waals surface area contributed by atoms with E-state index >= 15 is 0 Å². The van der Waals surface area contributed by atoms with Gasteiger partial charge in [0, 0.05) is 24.3 Å². The number of ether oxygens (including phenoxy) is 1. The fourth-order valence-electron chi connectivity index (χ4n) is 6.12. The van der Waals surface area contributed by atoms with Gasteiger partial charge in [0.05, 0.1) is 34.8 Å². The number of aliphatic hydroxyl groups is 1. The number of halogens is 1. The number of para-hydroxylation sites is 1. The van der Waals surface area contributed by atoms with Gasteiger partial charge in [-0.2, -0.15) is 5.26 Å². The number of hydrogen-bond acceptors (Lipinski definition) is 6. The van der Waals surface area contributed by atoms with Crippen molar-refractivity contribution in [3.8, 4) is 11.8 Å². The van der Waals surface area contributed by atoms with Crippen LogP contribution < -0.4 is 4.74 Å². The molecule has 0 saturated carbocycles. The highest BCUT2D eigenvalue weighted by molar-refractivity contribution is 5.92. The Morgan fingerprint density at radius 1 is 1.16 bits per heavy atom. The van der Waals surface area contributed by atoms with Gasteiger partial charge >= 0.3 is 5.97 Å². The lowest BCUT2D eigenvalue weighted by Gasteiger charge is -2.34. The van der Waals surface area contributed by atoms with Crippen molar-refractivity contribution in [3.05, 3.63) is 100 Å². The number of carboxylic acid groups (broad SMARTS) is 1. The minimum absolute atomic E-state index is 0.00439. The molecule has 0 unspecified atom stereocenters. The fourth-order valence-corrected chi connectivity index (χ4v) is 6.12. The summed E-state index contributed by atoms with van der Waals surface area (Å²) < 4.78 is 23.3. The molecule has 0 aliphatic carbocycles. The molecule has 2 N–H and O–H groups in total. The minimum Gasteiger partial charge on any atom is -0.481 e. The molecule has 1 aromatic heterocycles. The average Bonchev–Trinajstić information content (AvgIpc) is 3.36. The van der Waals surface area contributed by atoms with Gasteiger partial charge in [0.15, 0.2) is 0 Å². The van der Waals surface area contributed by atoms with Crippen molar-refractivity contribution in [1.29, 1.82) is 5.26 Å². The first-order valence-corrected chi connectivity index (χ1v) is 14.6. The summed E-state index contributed by atoms with van der Waals surface area (Å²) >= 11 is 0. The van der Waals surface area contributed by atoms with Crippen LogP contribution in [0.2, 0.25) is 0 Å². The van der Waals surface area contributed by atoms with Gasteiger partial charge in [0.1, 0.15) is 23.5 Å². The topological polar surface area (TPSA) is 112 Å². The third-order valence-electron chi connectivity index (χ3n) is 8.48. The largest absolute Gasteiger partial charge is 0.481 e.